The Morgan fingerprint density at radius 2 is 2.08 bits per heavy atom. The lowest BCUT2D eigenvalue weighted by molar-refractivity contribution is 1.13. The van der Waals surface area contributed by atoms with Gasteiger partial charge in [-0.05, 0) is 5.56 Å². The van der Waals surface area contributed by atoms with Gasteiger partial charge in [0.05, 0.1) is 11.8 Å². The van der Waals surface area contributed by atoms with Crippen molar-refractivity contribution in [3.63, 3.8) is 0 Å². The zero-order valence-corrected chi connectivity index (χ0v) is 6.91. The lowest BCUT2D eigenvalue weighted by atomic mass is 10.1. The molecular weight excluding hydrogens is 148 g/mol. The molecule has 0 radical (unpaired) electrons. The molecule has 0 aliphatic heterocycles. The maximum atomic E-state index is 8.46. The van der Waals surface area contributed by atoms with Crippen molar-refractivity contribution in [2.24, 2.45) is 0 Å². The molecule has 60 valence electrons. The van der Waals surface area contributed by atoms with E-state index in [1.54, 1.807) is 7.05 Å². The molecule has 0 saturated heterocycles. The number of nitriles is 1. The SMILES string of the molecule is CN/C(=C\C#N)c1ccccc1. The molecule has 2 heteroatoms. The number of nitrogens with zero attached hydrogens (tertiary/aromatic N) is 1. The van der Waals surface area contributed by atoms with Crippen LogP contribution in [0.25, 0.3) is 5.70 Å². The van der Waals surface area contributed by atoms with Gasteiger partial charge in [-0.25, -0.2) is 0 Å². The second kappa shape index (κ2) is 4.20. The Morgan fingerprint density at radius 3 is 2.58 bits per heavy atom. The molecule has 1 aromatic rings. The third-order valence-electron chi connectivity index (χ3n) is 1.56. The highest BCUT2D eigenvalue weighted by Gasteiger charge is 1.95. The van der Waals surface area contributed by atoms with Crippen LogP contribution in [0, 0.1) is 11.3 Å². The molecule has 0 spiro atoms. The first-order valence-corrected chi connectivity index (χ1v) is 3.71. The minimum absolute atomic E-state index is 0.845. The van der Waals surface area contributed by atoms with Gasteiger partial charge in [0.2, 0.25) is 0 Å². The second-order valence-electron chi connectivity index (χ2n) is 2.30. The molecule has 0 aliphatic rings. The van der Waals surface area contributed by atoms with Crippen LogP contribution in [0.4, 0.5) is 0 Å². The molecule has 1 aromatic carbocycles. The van der Waals surface area contributed by atoms with Crippen LogP contribution in [-0.4, -0.2) is 7.05 Å². The molecule has 1 N–H and O–H groups in total. The monoisotopic (exact) mass is 158 g/mol. The summed E-state index contributed by atoms with van der Waals surface area (Å²) in [5.74, 6) is 0. The molecule has 0 aromatic heterocycles. The van der Waals surface area contributed by atoms with Gasteiger partial charge in [-0.1, -0.05) is 30.3 Å². The van der Waals surface area contributed by atoms with Gasteiger partial charge < -0.3 is 5.32 Å². The first-order chi connectivity index (χ1) is 5.88. The summed E-state index contributed by atoms with van der Waals surface area (Å²) in [6, 6.07) is 11.7. The Labute approximate surface area is 72.1 Å². The largest absolute Gasteiger partial charge is 0.387 e. The molecule has 0 heterocycles. The average Bonchev–Trinajstić information content (AvgIpc) is 2.15. The van der Waals surface area contributed by atoms with E-state index in [4.69, 9.17) is 5.26 Å². The Hall–Kier alpha value is -1.75. The van der Waals surface area contributed by atoms with Crippen LogP contribution < -0.4 is 5.32 Å². The number of allylic oxidation sites excluding steroid dienone is 1. The zero-order valence-electron chi connectivity index (χ0n) is 6.91. The topological polar surface area (TPSA) is 35.8 Å². The number of rotatable bonds is 2. The van der Waals surface area contributed by atoms with Crippen molar-refractivity contribution in [2.75, 3.05) is 7.05 Å². The Balaban J connectivity index is 2.98. The van der Waals surface area contributed by atoms with Crippen molar-refractivity contribution >= 4 is 5.70 Å². The summed E-state index contributed by atoms with van der Waals surface area (Å²) in [4.78, 5) is 0. The molecule has 0 saturated carbocycles. The Bertz CT molecular complexity index is 306. The maximum Gasteiger partial charge on any atom is 0.0933 e. The van der Waals surface area contributed by atoms with Gasteiger partial charge >= 0.3 is 0 Å². The van der Waals surface area contributed by atoms with Crippen LogP contribution >= 0.6 is 0 Å². The quantitative estimate of drug-likeness (QED) is 0.666. The maximum absolute atomic E-state index is 8.46. The van der Waals surface area contributed by atoms with E-state index in [-0.39, 0.29) is 0 Å². The van der Waals surface area contributed by atoms with Crippen LogP contribution in [0.3, 0.4) is 0 Å². The highest BCUT2D eigenvalue weighted by atomic mass is 14.8. The highest BCUT2D eigenvalue weighted by molar-refractivity contribution is 5.65. The molecule has 0 aliphatic carbocycles. The third kappa shape index (κ3) is 1.86. The standard InChI is InChI=1S/C10H10N2/c1-12-10(7-8-11)9-5-3-2-4-6-9/h2-7,12H,1H3/b10-7-. The number of hydrogen-bond donors (Lipinski definition) is 1. The predicted octanol–water partition coefficient (Wildman–Crippen LogP) is 1.77. The van der Waals surface area contributed by atoms with E-state index < -0.39 is 0 Å². The van der Waals surface area contributed by atoms with Crippen molar-refractivity contribution in [2.45, 2.75) is 0 Å². The highest BCUT2D eigenvalue weighted by Crippen LogP contribution is 2.08. The van der Waals surface area contributed by atoms with E-state index in [2.05, 4.69) is 5.32 Å². The number of nitrogens with one attached hydrogen (secondary N) is 1. The zero-order chi connectivity index (χ0) is 8.81. The van der Waals surface area contributed by atoms with Crippen molar-refractivity contribution in [1.29, 1.82) is 5.26 Å². The van der Waals surface area contributed by atoms with Crippen molar-refractivity contribution < 1.29 is 0 Å². The number of hydrogen-bond acceptors (Lipinski definition) is 2. The van der Waals surface area contributed by atoms with E-state index in [9.17, 15) is 0 Å². The molecule has 0 unspecified atom stereocenters. The van der Waals surface area contributed by atoms with Crippen LogP contribution in [-0.2, 0) is 0 Å². The summed E-state index contributed by atoms with van der Waals surface area (Å²) in [5.41, 5.74) is 1.87. The molecule has 1 rings (SSSR count). The van der Waals surface area contributed by atoms with Crippen LogP contribution in [0.5, 0.6) is 0 Å². The summed E-state index contributed by atoms with van der Waals surface area (Å²) in [6.45, 7) is 0. The van der Waals surface area contributed by atoms with Gasteiger partial charge in [0.15, 0.2) is 0 Å². The molecule has 0 fully saturated rings. The van der Waals surface area contributed by atoms with Crippen molar-refractivity contribution in [3.8, 4) is 6.07 Å². The fraction of sp³-hybridized carbons (Fsp3) is 0.100. The molecular formula is C10H10N2. The first kappa shape index (κ1) is 8.35. The molecule has 0 amide bonds. The van der Waals surface area contributed by atoms with E-state index >= 15 is 0 Å². The lowest BCUT2D eigenvalue weighted by Crippen LogP contribution is -2.03. The number of benzene rings is 1. The molecule has 2 nitrogen and oxygen atoms in total. The van der Waals surface area contributed by atoms with Crippen LogP contribution in [0.15, 0.2) is 36.4 Å². The molecule has 12 heavy (non-hydrogen) atoms. The third-order valence-corrected chi connectivity index (χ3v) is 1.56. The van der Waals surface area contributed by atoms with Gasteiger partial charge in [-0.3, -0.25) is 0 Å². The first-order valence-electron chi connectivity index (χ1n) is 3.71. The summed E-state index contributed by atoms with van der Waals surface area (Å²) >= 11 is 0. The molecule has 0 bridgehead atoms. The van der Waals surface area contributed by atoms with Gasteiger partial charge in [0, 0.05) is 13.1 Å². The molecule has 0 atom stereocenters. The summed E-state index contributed by atoms with van der Waals surface area (Å²) in [7, 11) is 1.80. The predicted molar refractivity (Wildman–Crippen MR) is 49.1 cm³/mol. The lowest BCUT2D eigenvalue weighted by Gasteiger charge is -2.03. The van der Waals surface area contributed by atoms with E-state index in [1.807, 2.05) is 36.4 Å². The van der Waals surface area contributed by atoms with Gasteiger partial charge in [-0.2, -0.15) is 5.26 Å². The van der Waals surface area contributed by atoms with Crippen molar-refractivity contribution in [1.82, 2.24) is 5.32 Å². The van der Waals surface area contributed by atoms with E-state index in [1.165, 1.54) is 6.08 Å². The average molecular weight is 158 g/mol. The summed E-state index contributed by atoms with van der Waals surface area (Å²) in [5, 5.41) is 11.4. The van der Waals surface area contributed by atoms with Crippen LogP contribution in [0.1, 0.15) is 5.56 Å². The fourth-order valence-corrected chi connectivity index (χ4v) is 0.982. The Kier molecular flexibility index (Phi) is 2.92. The second-order valence-corrected chi connectivity index (χ2v) is 2.30. The van der Waals surface area contributed by atoms with Crippen LogP contribution in [0.2, 0.25) is 0 Å². The van der Waals surface area contributed by atoms with E-state index in [0.29, 0.717) is 0 Å². The van der Waals surface area contributed by atoms with Gasteiger partial charge in [0.25, 0.3) is 0 Å². The summed E-state index contributed by atoms with van der Waals surface area (Å²) < 4.78 is 0. The van der Waals surface area contributed by atoms with Gasteiger partial charge in [-0.15, -0.1) is 0 Å². The van der Waals surface area contributed by atoms with Crippen molar-refractivity contribution in [3.05, 3.63) is 42.0 Å². The normalized spacial score (nSPS) is 10.5. The van der Waals surface area contributed by atoms with E-state index in [0.717, 1.165) is 11.3 Å². The summed E-state index contributed by atoms with van der Waals surface area (Å²) in [6.07, 6.45) is 1.50. The minimum atomic E-state index is 0.845. The van der Waals surface area contributed by atoms with Gasteiger partial charge in [0.1, 0.15) is 0 Å². The smallest absolute Gasteiger partial charge is 0.0933 e. The minimum Gasteiger partial charge on any atom is -0.387 e. The fourth-order valence-electron chi connectivity index (χ4n) is 0.982. The Morgan fingerprint density at radius 1 is 1.42 bits per heavy atom.